The number of carbonyl (C=O) groups is 2. The fourth-order valence-electron chi connectivity index (χ4n) is 5.32. The molecule has 238 valence electrons. The van der Waals surface area contributed by atoms with Crippen molar-refractivity contribution in [1.29, 1.82) is 0 Å². The third-order valence-electron chi connectivity index (χ3n) is 8.21. The molecule has 0 rings (SSSR count). The van der Waals surface area contributed by atoms with Crippen molar-refractivity contribution in [2.24, 2.45) is 23.7 Å². The number of hydrogen-bond donors (Lipinski definition) is 0. The summed E-state index contributed by atoms with van der Waals surface area (Å²) in [6.07, 6.45) is 25.4. The highest BCUT2D eigenvalue weighted by Crippen LogP contribution is 2.24. The molecular formula is C36H70O4. The normalized spacial score (nSPS) is 12.4. The lowest BCUT2D eigenvalue weighted by molar-refractivity contribution is -0.145. The van der Waals surface area contributed by atoms with Crippen LogP contribution in [0.5, 0.6) is 0 Å². The highest BCUT2D eigenvalue weighted by molar-refractivity contribution is 5.69. The molecule has 0 saturated carbocycles. The van der Waals surface area contributed by atoms with Crippen LogP contribution < -0.4 is 0 Å². The molecule has 0 aliphatic heterocycles. The van der Waals surface area contributed by atoms with Crippen LogP contribution in [-0.2, 0) is 19.1 Å². The van der Waals surface area contributed by atoms with Crippen LogP contribution in [0.4, 0.5) is 0 Å². The van der Waals surface area contributed by atoms with Gasteiger partial charge in [0, 0.05) is 12.8 Å². The van der Waals surface area contributed by atoms with Gasteiger partial charge in [0.15, 0.2) is 0 Å². The summed E-state index contributed by atoms with van der Waals surface area (Å²) < 4.78 is 10.9. The van der Waals surface area contributed by atoms with Crippen molar-refractivity contribution in [3.63, 3.8) is 0 Å². The van der Waals surface area contributed by atoms with E-state index in [-0.39, 0.29) is 11.9 Å². The standard InChI is InChI=1S/C36H70O4/c1-31(2)24-18-16-22-28-39-35(37)27-21-15-13-11-9-7-8-10-12-14-20-26-34(33(5)6)30-36(38)40-29-23-17-19-25-32(3)4/h31-34H,7-30H2,1-6H3. The van der Waals surface area contributed by atoms with Gasteiger partial charge in [-0.3, -0.25) is 9.59 Å². The van der Waals surface area contributed by atoms with Gasteiger partial charge in [-0.25, -0.2) is 0 Å². The highest BCUT2D eigenvalue weighted by Gasteiger charge is 2.18. The molecule has 0 amide bonds. The van der Waals surface area contributed by atoms with Crippen LogP contribution in [0.1, 0.15) is 183 Å². The number of ether oxygens (including phenoxy) is 2. The third-order valence-corrected chi connectivity index (χ3v) is 8.21. The van der Waals surface area contributed by atoms with E-state index in [1.54, 1.807) is 0 Å². The summed E-state index contributed by atoms with van der Waals surface area (Å²) in [5.74, 6) is 2.52. The van der Waals surface area contributed by atoms with E-state index in [4.69, 9.17) is 9.47 Å². The SMILES string of the molecule is CC(C)CCCCCOC(=O)CCCCCCCCCCCCCC(CC(=O)OCCCCCC(C)C)C(C)C. The lowest BCUT2D eigenvalue weighted by Crippen LogP contribution is -2.17. The van der Waals surface area contributed by atoms with E-state index in [9.17, 15) is 9.59 Å². The predicted octanol–water partition coefficient (Wildman–Crippen LogP) is 11.2. The monoisotopic (exact) mass is 567 g/mol. The first-order chi connectivity index (χ1) is 19.2. The van der Waals surface area contributed by atoms with Gasteiger partial charge >= 0.3 is 11.9 Å². The van der Waals surface area contributed by atoms with Gasteiger partial charge < -0.3 is 9.47 Å². The van der Waals surface area contributed by atoms with Gasteiger partial charge in [-0.15, -0.1) is 0 Å². The molecule has 0 fully saturated rings. The first-order valence-electron chi connectivity index (χ1n) is 17.5. The van der Waals surface area contributed by atoms with Crippen molar-refractivity contribution in [3.05, 3.63) is 0 Å². The number of rotatable bonds is 29. The molecule has 4 heteroatoms. The van der Waals surface area contributed by atoms with Crippen LogP contribution in [0.15, 0.2) is 0 Å². The molecule has 1 unspecified atom stereocenters. The first-order valence-corrected chi connectivity index (χ1v) is 17.5. The van der Waals surface area contributed by atoms with Gasteiger partial charge in [0.1, 0.15) is 0 Å². The Morgan fingerprint density at radius 2 is 0.825 bits per heavy atom. The van der Waals surface area contributed by atoms with Crippen LogP contribution in [-0.4, -0.2) is 25.2 Å². The minimum Gasteiger partial charge on any atom is -0.466 e. The zero-order valence-corrected chi connectivity index (χ0v) is 27.9. The summed E-state index contributed by atoms with van der Waals surface area (Å²) in [5, 5.41) is 0. The fraction of sp³-hybridized carbons (Fsp3) is 0.944. The second-order valence-corrected chi connectivity index (χ2v) is 13.6. The fourth-order valence-corrected chi connectivity index (χ4v) is 5.32. The Labute approximate surface area is 250 Å². The zero-order chi connectivity index (χ0) is 29.8. The van der Waals surface area contributed by atoms with E-state index in [0.29, 0.717) is 37.9 Å². The number of unbranched alkanes of at least 4 members (excludes halogenated alkanes) is 14. The topological polar surface area (TPSA) is 52.6 Å². The molecule has 40 heavy (non-hydrogen) atoms. The van der Waals surface area contributed by atoms with Crippen molar-refractivity contribution >= 4 is 11.9 Å². The maximum atomic E-state index is 12.3. The quantitative estimate of drug-likeness (QED) is 0.0667. The van der Waals surface area contributed by atoms with Crippen LogP contribution >= 0.6 is 0 Å². The van der Waals surface area contributed by atoms with E-state index in [1.165, 1.54) is 89.9 Å². The maximum absolute atomic E-state index is 12.3. The van der Waals surface area contributed by atoms with Gasteiger partial charge in [0.05, 0.1) is 13.2 Å². The van der Waals surface area contributed by atoms with E-state index in [2.05, 4.69) is 41.5 Å². The Kier molecular flexibility index (Phi) is 27.3. The first kappa shape index (κ1) is 38.9. The summed E-state index contributed by atoms with van der Waals surface area (Å²) in [7, 11) is 0. The van der Waals surface area contributed by atoms with Gasteiger partial charge in [-0.2, -0.15) is 0 Å². The molecule has 1 atom stereocenters. The van der Waals surface area contributed by atoms with Crippen LogP contribution in [0.3, 0.4) is 0 Å². The Morgan fingerprint density at radius 3 is 1.27 bits per heavy atom. The lowest BCUT2D eigenvalue weighted by atomic mass is 9.87. The molecule has 0 N–H and O–H groups in total. The summed E-state index contributed by atoms with van der Waals surface area (Å²) in [6, 6.07) is 0. The third kappa shape index (κ3) is 28.5. The second kappa shape index (κ2) is 28.1. The van der Waals surface area contributed by atoms with E-state index in [1.807, 2.05) is 0 Å². The van der Waals surface area contributed by atoms with Crippen molar-refractivity contribution in [2.45, 2.75) is 183 Å². The van der Waals surface area contributed by atoms with Gasteiger partial charge in [-0.05, 0) is 49.4 Å². The Bertz CT molecular complexity index is 569. The Hall–Kier alpha value is -1.06. The molecule has 0 aromatic carbocycles. The van der Waals surface area contributed by atoms with E-state index in [0.717, 1.165) is 50.4 Å². The number of carbonyl (C=O) groups excluding carboxylic acids is 2. The number of hydrogen-bond acceptors (Lipinski definition) is 4. The molecular weight excluding hydrogens is 496 g/mol. The van der Waals surface area contributed by atoms with Gasteiger partial charge in [0.25, 0.3) is 0 Å². The van der Waals surface area contributed by atoms with E-state index >= 15 is 0 Å². The molecule has 0 saturated heterocycles. The average Bonchev–Trinajstić information content (AvgIpc) is 2.89. The summed E-state index contributed by atoms with van der Waals surface area (Å²) in [4.78, 5) is 24.1. The van der Waals surface area contributed by atoms with Crippen molar-refractivity contribution in [1.82, 2.24) is 0 Å². The van der Waals surface area contributed by atoms with Crippen LogP contribution in [0, 0.1) is 23.7 Å². The van der Waals surface area contributed by atoms with Crippen LogP contribution in [0.2, 0.25) is 0 Å². The van der Waals surface area contributed by atoms with E-state index < -0.39 is 0 Å². The molecule has 0 aromatic rings. The van der Waals surface area contributed by atoms with Gasteiger partial charge in [0.2, 0.25) is 0 Å². The number of esters is 2. The lowest BCUT2D eigenvalue weighted by Gasteiger charge is -2.20. The second-order valence-electron chi connectivity index (χ2n) is 13.6. The minimum atomic E-state index is -0.00795. The van der Waals surface area contributed by atoms with Crippen molar-refractivity contribution < 1.29 is 19.1 Å². The summed E-state index contributed by atoms with van der Waals surface area (Å²) in [5.41, 5.74) is 0. The predicted molar refractivity (Wildman–Crippen MR) is 171 cm³/mol. The van der Waals surface area contributed by atoms with Crippen molar-refractivity contribution in [2.75, 3.05) is 13.2 Å². The molecule has 0 bridgehead atoms. The summed E-state index contributed by atoms with van der Waals surface area (Å²) >= 11 is 0. The minimum absolute atomic E-state index is 0.00500. The zero-order valence-electron chi connectivity index (χ0n) is 27.9. The average molecular weight is 567 g/mol. The van der Waals surface area contributed by atoms with Crippen LogP contribution in [0.25, 0.3) is 0 Å². The molecule has 4 nitrogen and oxygen atoms in total. The highest BCUT2D eigenvalue weighted by atomic mass is 16.5. The Morgan fingerprint density at radius 1 is 0.450 bits per heavy atom. The summed E-state index contributed by atoms with van der Waals surface area (Å²) in [6.45, 7) is 14.7. The Balaban J connectivity index is 3.53. The van der Waals surface area contributed by atoms with Gasteiger partial charge in [-0.1, -0.05) is 144 Å². The molecule has 0 spiro atoms. The maximum Gasteiger partial charge on any atom is 0.306 e. The molecule has 0 heterocycles. The molecule has 0 aliphatic rings. The smallest absolute Gasteiger partial charge is 0.306 e. The molecule has 0 aliphatic carbocycles. The van der Waals surface area contributed by atoms with Crippen molar-refractivity contribution in [3.8, 4) is 0 Å². The largest absolute Gasteiger partial charge is 0.466 e. The molecule has 0 aromatic heterocycles. The molecule has 0 radical (unpaired) electrons.